The molecule has 1 aromatic carbocycles. The van der Waals surface area contributed by atoms with Gasteiger partial charge in [0, 0.05) is 12.6 Å². The Kier molecular flexibility index (Phi) is 3.57. The molecule has 2 N–H and O–H groups in total. The van der Waals surface area contributed by atoms with Gasteiger partial charge in [0.2, 0.25) is 5.91 Å². The van der Waals surface area contributed by atoms with Crippen molar-refractivity contribution in [2.75, 3.05) is 13.1 Å². The third-order valence-electron chi connectivity index (χ3n) is 3.10. The van der Waals surface area contributed by atoms with E-state index in [1.165, 1.54) is 0 Å². The Balaban J connectivity index is 1.94. The molecule has 1 heterocycles. The molecular formula is C13H18N2O. The van der Waals surface area contributed by atoms with Gasteiger partial charge >= 0.3 is 0 Å². The van der Waals surface area contributed by atoms with Crippen LogP contribution >= 0.6 is 0 Å². The van der Waals surface area contributed by atoms with Crippen molar-refractivity contribution in [3.8, 4) is 0 Å². The fraction of sp³-hybridized carbons (Fsp3) is 0.462. The fourth-order valence-electron chi connectivity index (χ4n) is 2.00. The van der Waals surface area contributed by atoms with Crippen LogP contribution in [0.15, 0.2) is 30.3 Å². The SMILES string of the molecule is CC(C(=O)N[C@@H]1CCNC1)c1ccccc1. The lowest BCUT2D eigenvalue weighted by Crippen LogP contribution is -2.38. The minimum absolute atomic E-state index is 0.0678. The van der Waals surface area contributed by atoms with E-state index in [-0.39, 0.29) is 11.8 Å². The molecule has 0 saturated carbocycles. The predicted octanol–water partition coefficient (Wildman–Crippen LogP) is 1.27. The molecule has 1 amide bonds. The number of hydrogen-bond acceptors (Lipinski definition) is 2. The van der Waals surface area contributed by atoms with Crippen molar-refractivity contribution in [3.63, 3.8) is 0 Å². The lowest BCUT2D eigenvalue weighted by molar-refractivity contribution is -0.122. The summed E-state index contributed by atoms with van der Waals surface area (Å²) in [7, 11) is 0. The summed E-state index contributed by atoms with van der Waals surface area (Å²) in [5, 5.41) is 6.32. The van der Waals surface area contributed by atoms with E-state index in [9.17, 15) is 4.79 Å². The highest BCUT2D eigenvalue weighted by atomic mass is 16.1. The molecule has 1 saturated heterocycles. The maximum absolute atomic E-state index is 12.0. The molecule has 1 aliphatic rings. The first-order valence-electron chi connectivity index (χ1n) is 5.83. The zero-order valence-electron chi connectivity index (χ0n) is 9.57. The molecule has 2 atom stereocenters. The van der Waals surface area contributed by atoms with Crippen molar-refractivity contribution in [2.24, 2.45) is 0 Å². The number of nitrogens with one attached hydrogen (secondary N) is 2. The zero-order chi connectivity index (χ0) is 11.4. The van der Waals surface area contributed by atoms with Crippen LogP contribution < -0.4 is 10.6 Å². The monoisotopic (exact) mass is 218 g/mol. The van der Waals surface area contributed by atoms with Gasteiger partial charge in [-0.25, -0.2) is 0 Å². The maximum Gasteiger partial charge on any atom is 0.227 e. The molecule has 1 aliphatic heterocycles. The third-order valence-corrected chi connectivity index (χ3v) is 3.10. The van der Waals surface area contributed by atoms with Gasteiger partial charge in [0.15, 0.2) is 0 Å². The molecular weight excluding hydrogens is 200 g/mol. The largest absolute Gasteiger partial charge is 0.352 e. The zero-order valence-corrected chi connectivity index (χ0v) is 9.57. The van der Waals surface area contributed by atoms with Crippen LogP contribution in [0.4, 0.5) is 0 Å². The Labute approximate surface area is 96.2 Å². The number of carbonyl (C=O) groups excluding carboxylic acids is 1. The Hall–Kier alpha value is -1.35. The van der Waals surface area contributed by atoms with Crippen molar-refractivity contribution in [3.05, 3.63) is 35.9 Å². The minimum atomic E-state index is -0.0678. The molecule has 1 unspecified atom stereocenters. The van der Waals surface area contributed by atoms with E-state index in [1.807, 2.05) is 37.3 Å². The van der Waals surface area contributed by atoms with Gasteiger partial charge in [-0.1, -0.05) is 30.3 Å². The lowest BCUT2D eigenvalue weighted by atomic mass is 10.00. The summed E-state index contributed by atoms with van der Waals surface area (Å²) in [5.41, 5.74) is 1.07. The summed E-state index contributed by atoms with van der Waals surface area (Å²) in [6, 6.07) is 10.2. The molecule has 0 spiro atoms. The molecule has 3 nitrogen and oxygen atoms in total. The van der Waals surface area contributed by atoms with Crippen LogP contribution in [-0.4, -0.2) is 25.0 Å². The van der Waals surface area contributed by atoms with Crippen LogP contribution in [0.3, 0.4) is 0 Å². The van der Waals surface area contributed by atoms with E-state index < -0.39 is 0 Å². The van der Waals surface area contributed by atoms with E-state index in [0.717, 1.165) is 25.1 Å². The second-order valence-electron chi connectivity index (χ2n) is 4.33. The van der Waals surface area contributed by atoms with E-state index in [0.29, 0.717) is 6.04 Å². The summed E-state index contributed by atoms with van der Waals surface area (Å²) < 4.78 is 0. The standard InChI is InChI=1S/C13H18N2O/c1-10(11-5-3-2-4-6-11)13(16)15-12-7-8-14-9-12/h2-6,10,12,14H,7-9H2,1H3,(H,15,16)/t10?,12-/m1/s1. The minimum Gasteiger partial charge on any atom is -0.352 e. The summed E-state index contributed by atoms with van der Waals surface area (Å²) in [5.74, 6) is 0.0571. The normalized spacial score (nSPS) is 21.7. The van der Waals surface area contributed by atoms with Gasteiger partial charge in [0.25, 0.3) is 0 Å². The van der Waals surface area contributed by atoms with Crippen LogP contribution in [0.25, 0.3) is 0 Å². The number of amides is 1. The third kappa shape index (κ3) is 2.61. The molecule has 2 rings (SSSR count). The predicted molar refractivity (Wildman–Crippen MR) is 64.3 cm³/mol. The maximum atomic E-state index is 12.0. The number of hydrogen-bond donors (Lipinski definition) is 2. The molecule has 0 bridgehead atoms. The van der Waals surface area contributed by atoms with Crippen LogP contribution in [0.1, 0.15) is 24.8 Å². The molecule has 1 fully saturated rings. The van der Waals surface area contributed by atoms with Crippen molar-refractivity contribution >= 4 is 5.91 Å². The fourth-order valence-corrected chi connectivity index (χ4v) is 2.00. The first-order chi connectivity index (χ1) is 7.77. The molecule has 0 radical (unpaired) electrons. The lowest BCUT2D eigenvalue weighted by Gasteiger charge is -2.16. The van der Waals surface area contributed by atoms with Crippen LogP contribution in [-0.2, 0) is 4.79 Å². The van der Waals surface area contributed by atoms with E-state index in [1.54, 1.807) is 0 Å². The average molecular weight is 218 g/mol. The molecule has 86 valence electrons. The second-order valence-corrected chi connectivity index (χ2v) is 4.33. The molecule has 16 heavy (non-hydrogen) atoms. The van der Waals surface area contributed by atoms with Gasteiger partial charge in [-0.15, -0.1) is 0 Å². The van der Waals surface area contributed by atoms with Gasteiger partial charge in [-0.05, 0) is 25.5 Å². The number of carbonyl (C=O) groups is 1. The van der Waals surface area contributed by atoms with Gasteiger partial charge < -0.3 is 10.6 Å². The Morgan fingerprint density at radius 1 is 1.44 bits per heavy atom. The van der Waals surface area contributed by atoms with Gasteiger partial charge in [-0.2, -0.15) is 0 Å². The van der Waals surface area contributed by atoms with E-state index >= 15 is 0 Å². The first kappa shape index (κ1) is 11.1. The summed E-state index contributed by atoms with van der Waals surface area (Å²) >= 11 is 0. The van der Waals surface area contributed by atoms with Gasteiger partial charge in [0.1, 0.15) is 0 Å². The van der Waals surface area contributed by atoms with Crippen LogP contribution in [0.2, 0.25) is 0 Å². The van der Waals surface area contributed by atoms with Crippen LogP contribution in [0.5, 0.6) is 0 Å². The number of rotatable bonds is 3. The van der Waals surface area contributed by atoms with Crippen molar-refractivity contribution in [1.82, 2.24) is 10.6 Å². The van der Waals surface area contributed by atoms with Crippen molar-refractivity contribution in [2.45, 2.75) is 25.3 Å². The Bertz CT molecular complexity index is 344. The highest BCUT2D eigenvalue weighted by Crippen LogP contribution is 2.15. The Morgan fingerprint density at radius 2 is 2.19 bits per heavy atom. The second kappa shape index (κ2) is 5.12. The average Bonchev–Trinajstić information content (AvgIpc) is 2.82. The Morgan fingerprint density at radius 3 is 2.81 bits per heavy atom. The van der Waals surface area contributed by atoms with Gasteiger partial charge in [-0.3, -0.25) is 4.79 Å². The summed E-state index contributed by atoms with van der Waals surface area (Å²) in [4.78, 5) is 12.0. The summed E-state index contributed by atoms with van der Waals surface area (Å²) in [6.45, 7) is 3.85. The summed E-state index contributed by atoms with van der Waals surface area (Å²) in [6.07, 6.45) is 1.03. The first-order valence-corrected chi connectivity index (χ1v) is 5.83. The van der Waals surface area contributed by atoms with Crippen LogP contribution in [0, 0.1) is 0 Å². The highest BCUT2D eigenvalue weighted by molar-refractivity contribution is 5.83. The highest BCUT2D eigenvalue weighted by Gasteiger charge is 2.20. The number of benzene rings is 1. The van der Waals surface area contributed by atoms with Crippen molar-refractivity contribution in [1.29, 1.82) is 0 Å². The molecule has 3 heteroatoms. The van der Waals surface area contributed by atoms with Crippen molar-refractivity contribution < 1.29 is 4.79 Å². The topological polar surface area (TPSA) is 41.1 Å². The molecule has 0 aromatic heterocycles. The molecule has 1 aromatic rings. The van der Waals surface area contributed by atoms with E-state index in [4.69, 9.17) is 0 Å². The van der Waals surface area contributed by atoms with Gasteiger partial charge in [0.05, 0.1) is 5.92 Å². The smallest absolute Gasteiger partial charge is 0.227 e. The molecule has 0 aliphatic carbocycles. The quantitative estimate of drug-likeness (QED) is 0.802. The van der Waals surface area contributed by atoms with E-state index in [2.05, 4.69) is 10.6 Å².